The minimum Gasteiger partial charge on any atom is -0.275 e. The Labute approximate surface area is 201 Å². The van der Waals surface area contributed by atoms with Gasteiger partial charge in [0.2, 0.25) is 0 Å². The van der Waals surface area contributed by atoms with E-state index in [1.165, 1.54) is 12.1 Å². The molecule has 0 aliphatic carbocycles. The van der Waals surface area contributed by atoms with E-state index in [0.29, 0.717) is 5.69 Å². The maximum atomic E-state index is 13.9. The highest BCUT2D eigenvalue weighted by atomic mass is 19.4. The van der Waals surface area contributed by atoms with Crippen LogP contribution in [0.2, 0.25) is 0 Å². The van der Waals surface area contributed by atoms with E-state index in [1.807, 2.05) is 80.6 Å². The molecule has 0 bridgehead atoms. The Kier molecular flexibility index (Phi) is 5.56. The molecule has 35 heavy (non-hydrogen) atoms. The van der Waals surface area contributed by atoms with E-state index in [4.69, 9.17) is 0 Å². The second-order valence-electron chi connectivity index (χ2n) is 8.62. The zero-order valence-electron chi connectivity index (χ0n) is 19.2. The molecule has 1 aromatic heterocycles. The van der Waals surface area contributed by atoms with Crippen LogP contribution in [0.5, 0.6) is 0 Å². The zero-order valence-corrected chi connectivity index (χ0v) is 19.2. The van der Waals surface area contributed by atoms with E-state index >= 15 is 0 Å². The molecule has 0 aliphatic rings. The third-order valence-corrected chi connectivity index (χ3v) is 6.35. The fourth-order valence-corrected chi connectivity index (χ4v) is 4.45. The molecule has 0 N–H and O–H groups in total. The van der Waals surface area contributed by atoms with Gasteiger partial charge >= 0.3 is 6.18 Å². The molecule has 0 saturated heterocycles. The first-order valence-corrected chi connectivity index (χ1v) is 11.2. The molecule has 1 heterocycles. The number of carbonyl (C=O) groups excluding carboxylic acids is 1. The van der Waals surface area contributed by atoms with Gasteiger partial charge < -0.3 is 0 Å². The number of carbonyl (C=O) groups is 1. The second-order valence-corrected chi connectivity index (χ2v) is 8.62. The van der Waals surface area contributed by atoms with Gasteiger partial charge in [-0.2, -0.15) is 13.2 Å². The molecule has 0 amide bonds. The van der Waals surface area contributed by atoms with Crippen LogP contribution in [0, 0.1) is 13.8 Å². The second kappa shape index (κ2) is 8.58. The highest BCUT2D eigenvalue weighted by molar-refractivity contribution is 6.13. The number of hydrogen-bond acceptors (Lipinski definition) is 1. The number of benzene rings is 4. The third kappa shape index (κ3) is 4.03. The van der Waals surface area contributed by atoms with Gasteiger partial charge in [-0.25, -0.2) is 0 Å². The maximum Gasteiger partial charge on any atom is 0.416 e. The molecule has 5 rings (SSSR count). The third-order valence-electron chi connectivity index (χ3n) is 6.35. The Balaban J connectivity index is 1.85. The average molecular weight is 470 g/mol. The number of aromatic nitrogens is 1. The molecule has 0 unspecified atom stereocenters. The topological polar surface area (TPSA) is 22.0 Å². The molecule has 0 spiro atoms. The van der Waals surface area contributed by atoms with Gasteiger partial charge in [-0.15, -0.1) is 0 Å². The monoisotopic (exact) mass is 469 g/mol. The smallest absolute Gasteiger partial charge is 0.275 e. The van der Waals surface area contributed by atoms with E-state index in [1.54, 1.807) is 4.57 Å². The van der Waals surface area contributed by atoms with Crippen LogP contribution >= 0.6 is 0 Å². The summed E-state index contributed by atoms with van der Waals surface area (Å²) in [6.45, 7) is 4.01. The van der Waals surface area contributed by atoms with Crippen molar-refractivity contribution in [2.45, 2.75) is 20.0 Å². The molecular formula is C30H22F3NO. The lowest BCUT2D eigenvalue weighted by Gasteiger charge is -2.13. The van der Waals surface area contributed by atoms with Crippen molar-refractivity contribution in [3.63, 3.8) is 0 Å². The van der Waals surface area contributed by atoms with E-state index in [-0.39, 0.29) is 11.5 Å². The fraction of sp³-hybridized carbons (Fsp3) is 0.100. The molecule has 5 aromatic rings. The van der Waals surface area contributed by atoms with Gasteiger partial charge in [0.25, 0.3) is 5.91 Å². The molecular weight excluding hydrogens is 447 g/mol. The van der Waals surface area contributed by atoms with Gasteiger partial charge in [-0.1, -0.05) is 60.7 Å². The number of aryl methyl sites for hydroxylation is 2. The number of nitrogens with zero attached hydrogens (tertiary/aromatic N) is 1. The van der Waals surface area contributed by atoms with Crippen molar-refractivity contribution in [1.82, 2.24) is 4.57 Å². The molecule has 0 fully saturated rings. The molecule has 4 aromatic carbocycles. The van der Waals surface area contributed by atoms with E-state index in [2.05, 4.69) is 6.07 Å². The van der Waals surface area contributed by atoms with Gasteiger partial charge in [-0.05, 0) is 72.5 Å². The Morgan fingerprint density at radius 3 is 1.83 bits per heavy atom. The largest absolute Gasteiger partial charge is 0.416 e. The zero-order chi connectivity index (χ0) is 24.7. The number of alkyl halides is 3. The normalized spacial score (nSPS) is 11.7. The van der Waals surface area contributed by atoms with Gasteiger partial charge in [0, 0.05) is 16.5 Å². The quantitative estimate of drug-likeness (QED) is 0.260. The summed E-state index contributed by atoms with van der Waals surface area (Å²) in [5, 5.41) is 0.915. The summed E-state index contributed by atoms with van der Waals surface area (Å²) in [6.07, 6.45) is -4.47. The molecule has 0 saturated carbocycles. The van der Waals surface area contributed by atoms with Crippen molar-refractivity contribution >= 4 is 16.8 Å². The number of hydrogen-bond donors (Lipinski definition) is 0. The molecule has 5 heteroatoms. The van der Waals surface area contributed by atoms with Crippen molar-refractivity contribution in [2.24, 2.45) is 0 Å². The van der Waals surface area contributed by atoms with Crippen LogP contribution < -0.4 is 0 Å². The summed E-state index contributed by atoms with van der Waals surface area (Å²) in [5.41, 5.74) is 5.66. The summed E-state index contributed by atoms with van der Waals surface area (Å²) in [7, 11) is 0. The first-order chi connectivity index (χ1) is 16.8. The van der Waals surface area contributed by atoms with Crippen LogP contribution in [0.4, 0.5) is 13.2 Å². The van der Waals surface area contributed by atoms with Crippen LogP contribution in [0.15, 0.2) is 97.1 Å². The van der Waals surface area contributed by atoms with Crippen LogP contribution in [0.1, 0.15) is 27.0 Å². The van der Waals surface area contributed by atoms with Crippen molar-refractivity contribution in [3.8, 4) is 22.4 Å². The Bertz CT molecular complexity index is 1530. The predicted molar refractivity (Wildman–Crippen MR) is 133 cm³/mol. The number of halogens is 3. The molecule has 0 radical (unpaired) electrons. The van der Waals surface area contributed by atoms with Gasteiger partial charge in [0.05, 0.1) is 16.8 Å². The minimum atomic E-state index is -4.47. The fourth-order valence-electron chi connectivity index (χ4n) is 4.45. The van der Waals surface area contributed by atoms with E-state index < -0.39 is 11.7 Å². The first-order valence-electron chi connectivity index (χ1n) is 11.2. The van der Waals surface area contributed by atoms with Crippen LogP contribution in [0.25, 0.3) is 33.3 Å². The highest BCUT2D eigenvalue weighted by Crippen LogP contribution is 2.42. The summed E-state index contributed by atoms with van der Waals surface area (Å²) in [5.74, 6) is -0.381. The number of rotatable bonds is 3. The van der Waals surface area contributed by atoms with Crippen molar-refractivity contribution in [1.29, 1.82) is 0 Å². The molecule has 0 atom stereocenters. The lowest BCUT2D eigenvalue weighted by Crippen LogP contribution is -2.14. The standard InChI is InChI=1S/C30H22F3NO/c1-19-17-25-26(18-20(19)2)34(29(35)23-13-15-24(16-14-23)30(31,32)33)28(22-11-7-4-8-12-22)27(25)21-9-5-3-6-10-21/h3-18H,1-2H3. The lowest BCUT2D eigenvalue weighted by molar-refractivity contribution is -0.137. The van der Waals surface area contributed by atoms with Gasteiger partial charge in [-0.3, -0.25) is 9.36 Å². The van der Waals surface area contributed by atoms with Crippen LogP contribution in [-0.2, 0) is 6.18 Å². The van der Waals surface area contributed by atoms with Crippen LogP contribution in [-0.4, -0.2) is 10.5 Å². The summed E-state index contributed by atoms with van der Waals surface area (Å²) >= 11 is 0. The van der Waals surface area contributed by atoms with Gasteiger partial charge in [0.15, 0.2) is 0 Å². The van der Waals surface area contributed by atoms with Crippen LogP contribution in [0.3, 0.4) is 0 Å². The van der Waals surface area contributed by atoms with Crippen molar-refractivity contribution in [3.05, 3.63) is 119 Å². The molecule has 0 aliphatic heterocycles. The average Bonchev–Trinajstić information content (AvgIpc) is 3.18. The Morgan fingerprint density at radius 1 is 0.714 bits per heavy atom. The SMILES string of the molecule is Cc1cc2c(-c3ccccc3)c(-c3ccccc3)n(C(=O)c3ccc(C(F)(F)F)cc3)c2cc1C. The van der Waals surface area contributed by atoms with E-state index in [0.717, 1.165) is 50.9 Å². The van der Waals surface area contributed by atoms with E-state index in [9.17, 15) is 18.0 Å². The van der Waals surface area contributed by atoms with Gasteiger partial charge in [0.1, 0.15) is 0 Å². The summed E-state index contributed by atoms with van der Waals surface area (Å²) in [6, 6.07) is 27.9. The van der Waals surface area contributed by atoms with Crippen molar-refractivity contribution < 1.29 is 18.0 Å². The lowest BCUT2D eigenvalue weighted by atomic mass is 9.97. The predicted octanol–water partition coefficient (Wildman–Crippen LogP) is 8.30. The first kappa shape index (κ1) is 22.7. The molecule has 174 valence electrons. The van der Waals surface area contributed by atoms with Crippen molar-refractivity contribution in [2.75, 3.05) is 0 Å². The summed E-state index contributed by atoms with van der Waals surface area (Å²) in [4.78, 5) is 13.9. The Hall–Kier alpha value is -4.12. The maximum absolute atomic E-state index is 13.9. The minimum absolute atomic E-state index is 0.185. The Morgan fingerprint density at radius 2 is 1.26 bits per heavy atom. The highest BCUT2D eigenvalue weighted by Gasteiger charge is 2.31. The number of fused-ring (bicyclic) bond motifs is 1. The summed E-state index contributed by atoms with van der Waals surface area (Å²) < 4.78 is 41.0. The molecule has 2 nitrogen and oxygen atoms in total.